The maximum Gasteiger partial charge on any atom is 0.264 e. The standard InChI is InChI=1S/C16H18ClNO2S/c1-3-18(15-10-8-13(2)9-11-15)21(19,20)16-7-5-4-6-14(16)12-17/h4-11H,3,12H2,1-2H3. The van der Waals surface area contributed by atoms with Crippen molar-refractivity contribution in [2.24, 2.45) is 0 Å². The molecule has 0 aliphatic rings. The molecule has 112 valence electrons. The lowest BCUT2D eigenvalue weighted by Gasteiger charge is -2.24. The fourth-order valence-electron chi connectivity index (χ4n) is 2.19. The van der Waals surface area contributed by atoms with Gasteiger partial charge in [-0.05, 0) is 37.6 Å². The molecule has 0 heterocycles. The molecule has 0 saturated heterocycles. The number of rotatable bonds is 5. The van der Waals surface area contributed by atoms with Crippen LogP contribution in [0.2, 0.25) is 0 Å². The van der Waals surface area contributed by atoms with Crippen LogP contribution in [0.5, 0.6) is 0 Å². The number of benzene rings is 2. The Hall–Kier alpha value is -1.52. The fraction of sp³-hybridized carbons (Fsp3) is 0.250. The second-order valence-corrected chi connectivity index (χ2v) is 6.84. The molecule has 2 rings (SSSR count). The average molecular weight is 324 g/mol. The van der Waals surface area contributed by atoms with Crippen LogP contribution >= 0.6 is 11.6 Å². The van der Waals surface area contributed by atoms with E-state index in [1.807, 2.05) is 38.1 Å². The average Bonchev–Trinajstić information content (AvgIpc) is 2.49. The summed E-state index contributed by atoms with van der Waals surface area (Å²) in [4.78, 5) is 0.266. The van der Waals surface area contributed by atoms with Gasteiger partial charge in [-0.15, -0.1) is 11.6 Å². The summed E-state index contributed by atoms with van der Waals surface area (Å²) < 4.78 is 27.2. The Morgan fingerprint density at radius 3 is 2.24 bits per heavy atom. The minimum Gasteiger partial charge on any atom is -0.267 e. The molecule has 3 nitrogen and oxygen atoms in total. The fourth-order valence-corrected chi connectivity index (χ4v) is 4.20. The molecule has 0 atom stereocenters. The monoisotopic (exact) mass is 323 g/mol. The zero-order valence-electron chi connectivity index (χ0n) is 12.1. The number of hydrogen-bond donors (Lipinski definition) is 0. The van der Waals surface area contributed by atoms with Gasteiger partial charge in [0.25, 0.3) is 10.0 Å². The normalized spacial score (nSPS) is 11.4. The lowest BCUT2D eigenvalue weighted by atomic mass is 10.2. The van der Waals surface area contributed by atoms with Crippen LogP contribution in [0.4, 0.5) is 5.69 Å². The number of alkyl halides is 1. The lowest BCUT2D eigenvalue weighted by molar-refractivity contribution is 0.591. The summed E-state index contributed by atoms with van der Waals surface area (Å²) in [7, 11) is -3.61. The predicted molar refractivity (Wildman–Crippen MR) is 87.4 cm³/mol. The third kappa shape index (κ3) is 3.22. The molecule has 2 aromatic carbocycles. The summed E-state index contributed by atoms with van der Waals surface area (Å²) >= 11 is 5.87. The molecule has 0 N–H and O–H groups in total. The van der Waals surface area contributed by atoms with E-state index >= 15 is 0 Å². The Morgan fingerprint density at radius 2 is 1.67 bits per heavy atom. The summed E-state index contributed by atoms with van der Waals surface area (Å²) in [5.41, 5.74) is 2.37. The molecule has 0 unspecified atom stereocenters. The summed E-state index contributed by atoms with van der Waals surface area (Å²) in [6.45, 7) is 4.15. The number of halogens is 1. The van der Waals surface area contributed by atoms with Crippen LogP contribution in [0.3, 0.4) is 0 Å². The van der Waals surface area contributed by atoms with Gasteiger partial charge >= 0.3 is 0 Å². The number of anilines is 1. The summed E-state index contributed by atoms with van der Waals surface area (Å²) in [6.07, 6.45) is 0. The van der Waals surface area contributed by atoms with Crippen molar-refractivity contribution in [1.29, 1.82) is 0 Å². The molecule has 21 heavy (non-hydrogen) atoms. The van der Waals surface area contributed by atoms with Gasteiger partial charge in [-0.2, -0.15) is 0 Å². The van der Waals surface area contributed by atoms with Crippen molar-refractivity contribution >= 4 is 27.3 Å². The van der Waals surface area contributed by atoms with Crippen molar-refractivity contribution in [1.82, 2.24) is 0 Å². The van der Waals surface area contributed by atoms with Crippen LogP contribution in [0, 0.1) is 6.92 Å². The first kappa shape index (κ1) is 15.9. The highest BCUT2D eigenvalue weighted by Gasteiger charge is 2.25. The number of sulfonamides is 1. The molecule has 0 bridgehead atoms. The van der Waals surface area contributed by atoms with Gasteiger partial charge in [0, 0.05) is 12.4 Å². The summed E-state index contributed by atoms with van der Waals surface area (Å²) in [5, 5.41) is 0. The van der Waals surface area contributed by atoms with Gasteiger partial charge in [0.05, 0.1) is 10.6 Å². The second-order valence-electron chi connectivity index (χ2n) is 4.75. The maximum absolute atomic E-state index is 12.9. The molecule has 0 aromatic heterocycles. The highest BCUT2D eigenvalue weighted by atomic mass is 35.5. The molecule has 0 fully saturated rings. The van der Waals surface area contributed by atoms with Crippen LogP contribution in [0.25, 0.3) is 0 Å². The summed E-state index contributed by atoms with van der Waals surface area (Å²) in [6, 6.07) is 14.3. The molecule has 2 aromatic rings. The molecule has 0 saturated carbocycles. The molecule has 0 aliphatic carbocycles. The van der Waals surface area contributed by atoms with E-state index in [1.54, 1.807) is 24.3 Å². The highest BCUT2D eigenvalue weighted by Crippen LogP contribution is 2.26. The molecule has 0 aliphatic heterocycles. The third-order valence-electron chi connectivity index (χ3n) is 3.29. The van der Waals surface area contributed by atoms with Gasteiger partial charge in [-0.3, -0.25) is 4.31 Å². The Kier molecular flexibility index (Phi) is 4.91. The van der Waals surface area contributed by atoms with Crippen LogP contribution < -0.4 is 4.31 Å². The van der Waals surface area contributed by atoms with Gasteiger partial charge < -0.3 is 0 Å². The number of nitrogens with zero attached hydrogens (tertiary/aromatic N) is 1. The topological polar surface area (TPSA) is 37.4 Å². The van der Waals surface area contributed by atoms with E-state index in [1.165, 1.54) is 4.31 Å². The van der Waals surface area contributed by atoms with Gasteiger partial charge in [-0.25, -0.2) is 8.42 Å². The van der Waals surface area contributed by atoms with Gasteiger partial charge in [0.15, 0.2) is 0 Å². The van der Waals surface area contributed by atoms with E-state index < -0.39 is 10.0 Å². The number of aryl methyl sites for hydroxylation is 1. The molecular weight excluding hydrogens is 306 g/mol. The quantitative estimate of drug-likeness (QED) is 0.781. The Labute approximate surface area is 131 Å². The molecule has 0 amide bonds. The largest absolute Gasteiger partial charge is 0.267 e. The van der Waals surface area contributed by atoms with E-state index in [9.17, 15) is 8.42 Å². The van der Waals surface area contributed by atoms with E-state index in [0.29, 0.717) is 17.8 Å². The van der Waals surface area contributed by atoms with E-state index in [-0.39, 0.29) is 10.8 Å². The van der Waals surface area contributed by atoms with Crippen molar-refractivity contribution in [3.05, 3.63) is 59.7 Å². The molecule has 0 radical (unpaired) electrons. The van der Waals surface area contributed by atoms with E-state index in [4.69, 9.17) is 11.6 Å². The zero-order chi connectivity index (χ0) is 15.5. The van der Waals surface area contributed by atoms with Gasteiger partial charge in [0.1, 0.15) is 0 Å². The van der Waals surface area contributed by atoms with Crippen molar-refractivity contribution in [3.8, 4) is 0 Å². The Balaban J connectivity index is 2.52. The van der Waals surface area contributed by atoms with Crippen LogP contribution in [0.1, 0.15) is 18.1 Å². The minimum absolute atomic E-state index is 0.168. The minimum atomic E-state index is -3.61. The molecule has 0 spiro atoms. The van der Waals surface area contributed by atoms with Crippen LogP contribution in [0.15, 0.2) is 53.4 Å². The Bertz CT molecular complexity index is 711. The van der Waals surface area contributed by atoms with E-state index in [2.05, 4.69) is 0 Å². The predicted octanol–water partition coefficient (Wildman–Crippen LogP) is 3.95. The van der Waals surface area contributed by atoms with Crippen LogP contribution in [-0.2, 0) is 15.9 Å². The van der Waals surface area contributed by atoms with Gasteiger partial charge in [-0.1, -0.05) is 35.9 Å². The third-order valence-corrected chi connectivity index (χ3v) is 5.59. The van der Waals surface area contributed by atoms with Crippen molar-refractivity contribution in [2.45, 2.75) is 24.6 Å². The first-order chi connectivity index (χ1) is 10.0. The number of hydrogen-bond acceptors (Lipinski definition) is 2. The SMILES string of the molecule is CCN(c1ccc(C)cc1)S(=O)(=O)c1ccccc1CCl. The smallest absolute Gasteiger partial charge is 0.264 e. The van der Waals surface area contributed by atoms with E-state index in [0.717, 1.165) is 5.56 Å². The van der Waals surface area contributed by atoms with Crippen molar-refractivity contribution in [3.63, 3.8) is 0 Å². The van der Waals surface area contributed by atoms with Crippen LogP contribution in [-0.4, -0.2) is 15.0 Å². The second kappa shape index (κ2) is 6.50. The maximum atomic E-state index is 12.9. The lowest BCUT2D eigenvalue weighted by Crippen LogP contribution is -2.31. The molecule has 5 heteroatoms. The summed E-state index contributed by atoms with van der Waals surface area (Å²) in [5.74, 6) is 0.168. The van der Waals surface area contributed by atoms with Crippen molar-refractivity contribution in [2.75, 3.05) is 10.8 Å². The van der Waals surface area contributed by atoms with Gasteiger partial charge in [0.2, 0.25) is 0 Å². The van der Waals surface area contributed by atoms with Crippen molar-refractivity contribution < 1.29 is 8.42 Å². The first-order valence-corrected chi connectivity index (χ1v) is 8.71. The highest BCUT2D eigenvalue weighted by molar-refractivity contribution is 7.92. The zero-order valence-corrected chi connectivity index (χ0v) is 13.7. The molecular formula is C16H18ClNO2S. The first-order valence-electron chi connectivity index (χ1n) is 6.74. The Morgan fingerprint density at radius 1 is 1.05 bits per heavy atom.